The first-order valence-corrected chi connectivity index (χ1v) is 6.13. The summed E-state index contributed by atoms with van der Waals surface area (Å²) in [6.07, 6.45) is 1.72. The van der Waals surface area contributed by atoms with E-state index in [1.54, 1.807) is 6.07 Å². The molecule has 1 heterocycles. The van der Waals surface area contributed by atoms with Gasteiger partial charge in [-0.1, -0.05) is 26.0 Å². The molecule has 1 saturated heterocycles. The third-order valence-electron chi connectivity index (χ3n) is 2.07. The predicted octanol–water partition coefficient (Wildman–Crippen LogP) is 2.97. The standard InChI is InChI=1S/C7H7F.C5H7NO2.C2H6/c1-6-3-2-4-7(8)5-6;7-4-2-1-3-5(8)6-4;1-2/h2-5H,1H3;1-3H2,(H,6,7,8);1-2H3. The lowest BCUT2D eigenvalue weighted by Gasteiger charge is -2.07. The highest BCUT2D eigenvalue weighted by atomic mass is 19.1. The van der Waals surface area contributed by atoms with Crippen LogP contribution in [0.2, 0.25) is 0 Å². The highest BCUT2D eigenvalue weighted by molar-refractivity contribution is 5.97. The number of benzene rings is 1. The van der Waals surface area contributed by atoms with Crippen molar-refractivity contribution < 1.29 is 14.0 Å². The second-order valence-electron chi connectivity index (χ2n) is 3.62. The van der Waals surface area contributed by atoms with Crippen molar-refractivity contribution in [1.82, 2.24) is 5.32 Å². The molecule has 0 aliphatic carbocycles. The van der Waals surface area contributed by atoms with Crippen molar-refractivity contribution >= 4 is 11.8 Å². The lowest BCUT2D eigenvalue weighted by molar-refractivity contribution is -0.132. The van der Waals surface area contributed by atoms with Crippen LogP contribution in [0.3, 0.4) is 0 Å². The van der Waals surface area contributed by atoms with Crippen molar-refractivity contribution in [3.8, 4) is 0 Å². The zero-order chi connectivity index (χ0) is 14.0. The maximum Gasteiger partial charge on any atom is 0.226 e. The van der Waals surface area contributed by atoms with E-state index in [2.05, 4.69) is 5.32 Å². The minimum Gasteiger partial charge on any atom is -0.296 e. The summed E-state index contributed by atoms with van der Waals surface area (Å²) in [6.45, 7) is 5.86. The summed E-state index contributed by atoms with van der Waals surface area (Å²) in [4.78, 5) is 20.7. The first-order chi connectivity index (χ1) is 8.58. The van der Waals surface area contributed by atoms with E-state index in [0.29, 0.717) is 19.3 Å². The van der Waals surface area contributed by atoms with Crippen LogP contribution in [0.5, 0.6) is 0 Å². The summed E-state index contributed by atoms with van der Waals surface area (Å²) < 4.78 is 12.2. The fraction of sp³-hybridized carbons (Fsp3) is 0.429. The summed E-state index contributed by atoms with van der Waals surface area (Å²) in [5, 5.41) is 2.20. The third-order valence-corrected chi connectivity index (χ3v) is 2.07. The smallest absolute Gasteiger partial charge is 0.226 e. The van der Waals surface area contributed by atoms with Crippen LogP contribution in [0.1, 0.15) is 38.7 Å². The van der Waals surface area contributed by atoms with E-state index in [9.17, 15) is 14.0 Å². The number of amides is 2. The Morgan fingerprint density at radius 1 is 1.11 bits per heavy atom. The van der Waals surface area contributed by atoms with E-state index in [1.807, 2.05) is 26.8 Å². The van der Waals surface area contributed by atoms with E-state index >= 15 is 0 Å². The summed E-state index contributed by atoms with van der Waals surface area (Å²) >= 11 is 0. The van der Waals surface area contributed by atoms with E-state index in [4.69, 9.17) is 0 Å². The van der Waals surface area contributed by atoms with Crippen molar-refractivity contribution in [2.75, 3.05) is 0 Å². The molecule has 1 aromatic carbocycles. The maximum absolute atomic E-state index is 12.2. The van der Waals surface area contributed by atoms with Crippen LogP contribution in [0, 0.1) is 12.7 Å². The lowest BCUT2D eigenvalue weighted by atomic mass is 10.1. The van der Waals surface area contributed by atoms with Gasteiger partial charge in [0.05, 0.1) is 0 Å². The summed E-state index contributed by atoms with van der Waals surface area (Å²) in [5.74, 6) is -0.437. The monoisotopic (exact) mass is 253 g/mol. The molecule has 2 amide bonds. The second-order valence-corrected chi connectivity index (χ2v) is 3.62. The van der Waals surface area contributed by atoms with Gasteiger partial charge in [0, 0.05) is 12.8 Å². The SMILES string of the molecule is CC.Cc1cccc(F)c1.O=C1CCCC(=O)N1. The summed E-state index contributed by atoms with van der Waals surface area (Å²) in [5.41, 5.74) is 0.963. The first-order valence-electron chi connectivity index (χ1n) is 6.13. The third kappa shape index (κ3) is 7.54. The van der Waals surface area contributed by atoms with Gasteiger partial charge in [-0.05, 0) is 31.0 Å². The van der Waals surface area contributed by atoms with Crippen molar-refractivity contribution in [3.63, 3.8) is 0 Å². The first kappa shape index (κ1) is 16.3. The van der Waals surface area contributed by atoms with E-state index in [0.717, 1.165) is 5.56 Å². The molecule has 2 rings (SSSR count). The van der Waals surface area contributed by atoms with Crippen LogP contribution in [0.15, 0.2) is 24.3 Å². The largest absolute Gasteiger partial charge is 0.296 e. The number of hydrogen-bond acceptors (Lipinski definition) is 2. The number of aryl methyl sites for hydroxylation is 1. The molecule has 0 unspecified atom stereocenters. The van der Waals surface area contributed by atoms with Crippen LogP contribution in [0.25, 0.3) is 0 Å². The Bertz CT molecular complexity index is 360. The van der Waals surface area contributed by atoms with Gasteiger partial charge >= 0.3 is 0 Å². The van der Waals surface area contributed by atoms with Gasteiger partial charge in [0.25, 0.3) is 0 Å². The Kier molecular flexibility index (Phi) is 8.45. The molecule has 1 aromatic rings. The van der Waals surface area contributed by atoms with Crippen LogP contribution in [-0.4, -0.2) is 11.8 Å². The van der Waals surface area contributed by atoms with Crippen LogP contribution >= 0.6 is 0 Å². The molecular weight excluding hydrogens is 233 g/mol. The van der Waals surface area contributed by atoms with Gasteiger partial charge in [0.2, 0.25) is 11.8 Å². The minimum atomic E-state index is -0.162. The molecule has 1 aliphatic heterocycles. The van der Waals surface area contributed by atoms with E-state index < -0.39 is 0 Å². The molecule has 1 aliphatic rings. The number of hydrogen-bond donors (Lipinski definition) is 1. The molecular formula is C14H20FNO2. The molecule has 0 saturated carbocycles. The Balaban J connectivity index is 0.000000283. The van der Waals surface area contributed by atoms with Crippen molar-refractivity contribution in [2.24, 2.45) is 0 Å². The number of rotatable bonds is 0. The molecule has 1 fully saturated rings. The minimum absolute atomic E-state index is 0.138. The fourth-order valence-corrected chi connectivity index (χ4v) is 1.30. The summed E-state index contributed by atoms with van der Waals surface area (Å²) in [6, 6.07) is 6.50. The number of imide groups is 1. The molecule has 0 bridgehead atoms. The normalized spacial score (nSPS) is 13.6. The van der Waals surface area contributed by atoms with Crippen molar-refractivity contribution in [3.05, 3.63) is 35.6 Å². The van der Waals surface area contributed by atoms with Crippen molar-refractivity contribution in [2.45, 2.75) is 40.0 Å². The fourth-order valence-electron chi connectivity index (χ4n) is 1.30. The molecule has 0 radical (unpaired) electrons. The number of nitrogens with one attached hydrogen (secondary N) is 1. The number of carbonyl (C=O) groups excluding carboxylic acids is 2. The number of carbonyl (C=O) groups is 2. The molecule has 0 atom stereocenters. The average Bonchev–Trinajstić information content (AvgIpc) is 2.31. The van der Waals surface area contributed by atoms with E-state index in [1.165, 1.54) is 12.1 Å². The average molecular weight is 253 g/mol. The molecule has 0 spiro atoms. The number of halogens is 1. The van der Waals surface area contributed by atoms with Gasteiger partial charge in [-0.2, -0.15) is 0 Å². The maximum atomic E-state index is 12.2. The van der Waals surface area contributed by atoms with Gasteiger partial charge in [-0.15, -0.1) is 0 Å². The Labute approximate surface area is 107 Å². The summed E-state index contributed by atoms with van der Waals surface area (Å²) in [7, 11) is 0. The van der Waals surface area contributed by atoms with Crippen molar-refractivity contribution in [1.29, 1.82) is 0 Å². The molecule has 3 nitrogen and oxygen atoms in total. The topological polar surface area (TPSA) is 46.2 Å². The highest BCUT2D eigenvalue weighted by Crippen LogP contribution is 2.00. The number of piperidine rings is 1. The highest BCUT2D eigenvalue weighted by Gasteiger charge is 2.12. The van der Waals surface area contributed by atoms with Crippen LogP contribution in [-0.2, 0) is 9.59 Å². The second kappa shape index (κ2) is 9.33. The molecule has 4 heteroatoms. The van der Waals surface area contributed by atoms with Gasteiger partial charge < -0.3 is 0 Å². The quantitative estimate of drug-likeness (QED) is 0.722. The Morgan fingerprint density at radius 2 is 1.67 bits per heavy atom. The zero-order valence-electron chi connectivity index (χ0n) is 11.1. The van der Waals surface area contributed by atoms with Gasteiger partial charge in [-0.25, -0.2) is 4.39 Å². The van der Waals surface area contributed by atoms with E-state index in [-0.39, 0.29) is 17.6 Å². The molecule has 18 heavy (non-hydrogen) atoms. The van der Waals surface area contributed by atoms with Gasteiger partial charge in [-0.3, -0.25) is 14.9 Å². The van der Waals surface area contributed by atoms with Crippen LogP contribution < -0.4 is 5.32 Å². The van der Waals surface area contributed by atoms with Gasteiger partial charge in [0.1, 0.15) is 5.82 Å². The van der Waals surface area contributed by atoms with Gasteiger partial charge in [0.15, 0.2) is 0 Å². The molecule has 1 N–H and O–H groups in total. The van der Waals surface area contributed by atoms with Crippen LogP contribution in [0.4, 0.5) is 4.39 Å². The molecule has 0 aromatic heterocycles. The lowest BCUT2D eigenvalue weighted by Crippen LogP contribution is -2.33. The Hall–Kier alpha value is -1.71. The molecule has 100 valence electrons. The predicted molar refractivity (Wildman–Crippen MR) is 69.5 cm³/mol. The zero-order valence-corrected chi connectivity index (χ0v) is 11.1. The Morgan fingerprint density at radius 3 is 1.94 bits per heavy atom.